The van der Waals surface area contributed by atoms with Crippen molar-refractivity contribution < 1.29 is 5.11 Å². The van der Waals surface area contributed by atoms with Crippen molar-refractivity contribution in [3.63, 3.8) is 0 Å². The van der Waals surface area contributed by atoms with Crippen LogP contribution in [0.25, 0.3) is 11.1 Å². The van der Waals surface area contributed by atoms with E-state index in [0.29, 0.717) is 5.75 Å². The second kappa shape index (κ2) is 4.49. The third kappa shape index (κ3) is 2.73. The number of hydrogen-bond acceptors (Lipinski definition) is 1. The van der Waals surface area contributed by atoms with Crippen molar-refractivity contribution in [2.45, 2.75) is 33.1 Å². The second-order valence-corrected chi connectivity index (χ2v) is 5.88. The zero-order valence-corrected chi connectivity index (χ0v) is 11.5. The van der Waals surface area contributed by atoms with Gasteiger partial charge in [0.25, 0.3) is 0 Å². The Hall–Kier alpha value is -1.76. The molecule has 2 rings (SSSR count). The molecular formula is C17H20O. The summed E-state index contributed by atoms with van der Waals surface area (Å²) in [5, 5.41) is 9.64. The monoisotopic (exact) mass is 240 g/mol. The molecule has 2 aromatic carbocycles. The Morgan fingerprint density at radius 3 is 1.94 bits per heavy atom. The minimum atomic E-state index is 0.174. The molecule has 0 aliphatic carbocycles. The molecule has 0 amide bonds. The third-order valence-corrected chi connectivity index (χ3v) is 3.15. The standard InChI is InChI=1S/C17H20O/c1-12-9-14(11-16(18)10-12)13-5-7-15(8-6-13)17(2,3)4/h5-11,18H,1-4H3. The van der Waals surface area contributed by atoms with Crippen LogP contribution in [-0.4, -0.2) is 5.11 Å². The van der Waals surface area contributed by atoms with E-state index < -0.39 is 0 Å². The molecular weight excluding hydrogens is 220 g/mol. The largest absolute Gasteiger partial charge is 0.508 e. The van der Waals surface area contributed by atoms with Crippen LogP contribution in [0.1, 0.15) is 31.9 Å². The van der Waals surface area contributed by atoms with E-state index in [2.05, 4.69) is 51.1 Å². The lowest BCUT2D eigenvalue weighted by atomic mass is 9.86. The summed E-state index contributed by atoms with van der Waals surface area (Å²) in [5.41, 5.74) is 4.77. The van der Waals surface area contributed by atoms with Crippen molar-refractivity contribution in [2.24, 2.45) is 0 Å². The molecule has 1 N–H and O–H groups in total. The number of aromatic hydroxyl groups is 1. The Kier molecular flexibility index (Phi) is 3.16. The SMILES string of the molecule is Cc1cc(O)cc(-c2ccc(C(C)(C)C)cc2)c1. The van der Waals surface area contributed by atoms with Crippen molar-refractivity contribution in [1.29, 1.82) is 0 Å². The maximum Gasteiger partial charge on any atom is 0.116 e. The van der Waals surface area contributed by atoms with Gasteiger partial charge in [0.2, 0.25) is 0 Å². The van der Waals surface area contributed by atoms with Crippen LogP contribution < -0.4 is 0 Å². The lowest BCUT2D eigenvalue weighted by Gasteiger charge is -2.19. The Morgan fingerprint density at radius 1 is 0.833 bits per heavy atom. The first-order valence-corrected chi connectivity index (χ1v) is 6.28. The van der Waals surface area contributed by atoms with Gasteiger partial charge in [-0.1, -0.05) is 51.1 Å². The molecule has 0 heterocycles. The zero-order valence-electron chi connectivity index (χ0n) is 11.5. The van der Waals surface area contributed by atoms with Gasteiger partial charge in [-0.3, -0.25) is 0 Å². The Balaban J connectivity index is 2.40. The van der Waals surface area contributed by atoms with Gasteiger partial charge in [0.15, 0.2) is 0 Å². The Bertz CT molecular complexity index is 525. The van der Waals surface area contributed by atoms with Gasteiger partial charge in [-0.05, 0) is 46.7 Å². The summed E-state index contributed by atoms with van der Waals surface area (Å²) < 4.78 is 0. The van der Waals surface area contributed by atoms with Gasteiger partial charge in [0.05, 0.1) is 0 Å². The number of aryl methyl sites for hydroxylation is 1. The zero-order chi connectivity index (χ0) is 13.3. The highest BCUT2D eigenvalue weighted by atomic mass is 16.3. The summed E-state index contributed by atoms with van der Waals surface area (Å²) in [5.74, 6) is 0.324. The summed E-state index contributed by atoms with van der Waals surface area (Å²) in [7, 11) is 0. The number of hydrogen-bond donors (Lipinski definition) is 1. The molecule has 0 atom stereocenters. The first-order chi connectivity index (χ1) is 8.36. The minimum Gasteiger partial charge on any atom is -0.508 e. The van der Waals surface area contributed by atoms with E-state index in [1.165, 1.54) is 5.56 Å². The van der Waals surface area contributed by atoms with E-state index in [9.17, 15) is 5.11 Å². The molecule has 1 heteroatoms. The fourth-order valence-electron chi connectivity index (χ4n) is 2.09. The summed E-state index contributed by atoms with van der Waals surface area (Å²) >= 11 is 0. The molecule has 1 nitrogen and oxygen atoms in total. The van der Waals surface area contributed by atoms with Gasteiger partial charge in [-0.2, -0.15) is 0 Å². The van der Waals surface area contributed by atoms with Crippen molar-refractivity contribution in [2.75, 3.05) is 0 Å². The number of phenolic OH excluding ortho intramolecular Hbond substituents is 1. The highest BCUT2D eigenvalue weighted by Crippen LogP contribution is 2.28. The molecule has 0 aromatic heterocycles. The summed E-state index contributed by atoms with van der Waals surface area (Å²) in [4.78, 5) is 0. The van der Waals surface area contributed by atoms with Gasteiger partial charge in [-0.15, -0.1) is 0 Å². The van der Waals surface area contributed by atoms with E-state index in [-0.39, 0.29) is 5.41 Å². The molecule has 0 radical (unpaired) electrons. The highest BCUT2D eigenvalue weighted by Gasteiger charge is 2.13. The molecule has 0 saturated carbocycles. The second-order valence-electron chi connectivity index (χ2n) is 5.88. The topological polar surface area (TPSA) is 20.2 Å². The van der Waals surface area contributed by atoms with E-state index in [1.54, 1.807) is 12.1 Å². The van der Waals surface area contributed by atoms with Crippen LogP contribution in [0.2, 0.25) is 0 Å². The fourth-order valence-corrected chi connectivity index (χ4v) is 2.09. The fraction of sp³-hybridized carbons (Fsp3) is 0.294. The quantitative estimate of drug-likeness (QED) is 0.768. The number of rotatable bonds is 1. The van der Waals surface area contributed by atoms with E-state index in [0.717, 1.165) is 16.7 Å². The lowest BCUT2D eigenvalue weighted by molar-refractivity contribution is 0.475. The lowest BCUT2D eigenvalue weighted by Crippen LogP contribution is -2.10. The first kappa shape index (κ1) is 12.7. The number of phenols is 1. The highest BCUT2D eigenvalue weighted by molar-refractivity contribution is 5.66. The first-order valence-electron chi connectivity index (χ1n) is 6.28. The molecule has 94 valence electrons. The molecule has 18 heavy (non-hydrogen) atoms. The molecule has 0 aliphatic heterocycles. The smallest absolute Gasteiger partial charge is 0.116 e. The predicted molar refractivity (Wildman–Crippen MR) is 77.0 cm³/mol. The number of benzene rings is 2. The molecule has 2 aromatic rings. The maximum absolute atomic E-state index is 9.64. The average Bonchev–Trinajstić information content (AvgIpc) is 2.27. The maximum atomic E-state index is 9.64. The van der Waals surface area contributed by atoms with Gasteiger partial charge in [0, 0.05) is 0 Å². The Labute approximate surface area is 109 Å². The van der Waals surface area contributed by atoms with Crippen molar-refractivity contribution in [3.05, 3.63) is 53.6 Å². The summed E-state index contributed by atoms with van der Waals surface area (Å²) in [6.07, 6.45) is 0. The molecule has 0 bridgehead atoms. The molecule has 0 fully saturated rings. The van der Waals surface area contributed by atoms with Crippen LogP contribution in [0, 0.1) is 6.92 Å². The Morgan fingerprint density at radius 2 is 1.44 bits per heavy atom. The third-order valence-electron chi connectivity index (χ3n) is 3.15. The van der Waals surface area contributed by atoms with Crippen LogP contribution in [0.3, 0.4) is 0 Å². The summed E-state index contributed by atoms with van der Waals surface area (Å²) in [6, 6.07) is 14.2. The molecule has 0 saturated heterocycles. The molecule has 0 aliphatic rings. The van der Waals surface area contributed by atoms with Crippen LogP contribution in [0.15, 0.2) is 42.5 Å². The van der Waals surface area contributed by atoms with Gasteiger partial charge < -0.3 is 5.11 Å². The van der Waals surface area contributed by atoms with Crippen molar-refractivity contribution in [1.82, 2.24) is 0 Å². The summed E-state index contributed by atoms with van der Waals surface area (Å²) in [6.45, 7) is 8.62. The average molecular weight is 240 g/mol. The van der Waals surface area contributed by atoms with E-state index in [4.69, 9.17) is 0 Å². The van der Waals surface area contributed by atoms with Crippen LogP contribution in [0.4, 0.5) is 0 Å². The van der Waals surface area contributed by atoms with Gasteiger partial charge in [-0.25, -0.2) is 0 Å². The van der Waals surface area contributed by atoms with Gasteiger partial charge >= 0.3 is 0 Å². The van der Waals surface area contributed by atoms with Crippen LogP contribution in [0.5, 0.6) is 5.75 Å². The van der Waals surface area contributed by atoms with Gasteiger partial charge in [0.1, 0.15) is 5.75 Å². The molecule has 0 spiro atoms. The predicted octanol–water partition coefficient (Wildman–Crippen LogP) is 4.67. The van der Waals surface area contributed by atoms with E-state index >= 15 is 0 Å². The van der Waals surface area contributed by atoms with Crippen molar-refractivity contribution >= 4 is 0 Å². The van der Waals surface area contributed by atoms with Crippen LogP contribution in [-0.2, 0) is 5.41 Å². The molecule has 0 unspecified atom stereocenters. The minimum absolute atomic E-state index is 0.174. The normalized spacial score (nSPS) is 11.6. The van der Waals surface area contributed by atoms with Crippen molar-refractivity contribution in [3.8, 4) is 16.9 Å². The van der Waals surface area contributed by atoms with Crippen LogP contribution >= 0.6 is 0 Å². The van der Waals surface area contributed by atoms with E-state index in [1.807, 2.05) is 6.92 Å².